The van der Waals surface area contributed by atoms with Crippen LogP contribution in [0, 0.1) is 47.3 Å². The second kappa shape index (κ2) is 1.54. The van der Waals surface area contributed by atoms with Gasteiger partial charge in [0.05, 0.1) is 0 Å². The number of rotatable bonds is 0. The van der Waals surface area contributed by atoms with Crippen molar-refractivity contribution in [2.24, 2.45) is 47.3 Å². The second-order valence-corrected chi connectivity index (χ2v) is 5.60. The van der Waals surface area contributed by atoms with Crippen LogP contribution in [-0.2, 0) is 9.59 Å². The summed E-state index contributed by atoms with van der Waals surface area (Å²) in [6, 6.07) is 0. The van der Waals surface area contributed by atoms with Crippen molar-refractivity contribution in [1.82, 2.24) is 0 Å². The molecule has 0 heterocycles. The average Bonchev–Trinajstić information content (AvgIpc) is 2.40. The average molecular weight is 186 g/mol. The van der Waals surface area contributed by atoms with Crippen LogP contribution >= 0.6 is 0 Å². The molecule has 2 nitrogen and oxygen atoms in total. The zero-order chi connectivity index (χ0) is 9.19. The van der Waals surface area contributed by atoms with Gasteiger partial charge in [-0.3, -0.25) is 9.59 Å². The molecule has 8 atom stereocenters. The monoisotopic (exact) mass is 186 g/mol. The van der Waals surface area contributed by atoms with E-state index in [0.717, 1.165) is 0 Å². The van der Waals surface area contributed by atoms with Crippen molar-refractivity contribution in [1.29, 1.82) is 0 Å². The molecular weight excluding hydrogens is 176 g/mol. The number of ketones is 2. The van der Waals surface area contributed by atoms with Gasteiger partial charge in [-0.15, -0.1) is 0 Å². The Morgan fingerprint density at radius 3 is 1.57 bits per heavy atom. The summed E-state index contributed by atoms with van der Waals surface area (Å²) >= 11 is 0. The third-order valence-electron chi connectivity index (χ3n) is 5.64. The molecule has 0 bridgehead atoms. The van der Waals surface area contributed by atoms with Crippen molar-refractivity contribution < 1.29 is 9.59 Å². The summed E-state index contributed by atoms with van der Waals surface area (Å²) in [5, 5.41) is 0. The highest BCUT2D eigenvalue weighted by Crippen LogP contribution is 2.75. The highest BCUT2D eigenvalue weighted by Gasteiger charge is 2.80. The van der Waals surface area contributed by atoms with E-state index >= 15 is 0 Å². The summed E-state index contributed by atoms with van der Waals surface area (Å²) in [6.07, 6.45) is 4.47. The summed E-state index contributed by atoms with van der Waals surface area (Å²) < 4.78 is 0. The normalized spacial score (nSPS) is 69.4. The summed E-state index contributed by atoms with van der Waals surface area (Å²) in [4.78, 5) is 24.0. The molecular formula is C12H10O2. The number of hydrogen-bond donors (Lipinski definition) is 0. The number of hydrogen-bond acceptors (Lipinski definition) is 2. The lowest BCUT2D eigenvalue weighted by Gasteiger charge is -2.50. The number of fused-ring (bicyclic) bond motifs is 9. The lowest BCUT2D eigenvalue weighted by molar-refractivity contribution is -0.145. The molecule has 2 heteroatoms. The molecule has 0 radical (unpaired) electrons. The van der Waals surface area contributed by atoms with Crippen LogP contribution in [0.5, 0.6) is 0 Å². The van der Waals surface area contributed by atoms with E-state index in [9.17, 15) is 9.59 Å². The zero-order valence-electron chi connectivity index (χ0n) is 7.59. The summed E-state index contributed by atoms with van der Waals surface area (Å²) in [6.45, 7) is 0. The smallest absolute Gasteiger partial charge is 0.141 e. The van der Waals surface area contributed by atoms with Crippen LogP contribution in [-0.4, -0.2) is 11.6 Å². The molecule has 0 spiro atoms. The fraction of sp³-hybridized carbons (Fsp3) is 0.667. The first-order valence-corrected chi connectivity index (χ1v) is 5.56. The fourth-order valence-corrected chi connectivity index (χ4v) is 5.43. The molecule has 0 unspecified atom stereocenters. The third-order valence-corrected chi connectivity index (χ3v) is 5.64. The summed E-state index contributed by atoms with van der Waals surface area (Å²) in [7, 11) is 0. The Bertz CT molecular complexity index is 396. The molecule has 3 fully saturated rings. The molecule has 0 aromatic rings. The Balaban J connectivity index is 1.91. The van der Waals surface area contributed by atoms with E-state index in [2.05, 4.69) is 12.2 Å². The second-order valence-electron chi connectivity index (χ2n) is 5.60. The van der Waals surface area contributed by atoms with Crippen LogP contribution < -0.4 is 0 Å². The summed E-state index contributed by atoms with van der Waals surface area (Å²) in [5.74, 6) is 3.50. The van der Waals surface area contributed by atoms with Gasteiger partial charge in [0.15, 0.2) is 0 Å². The minimum absolute atomic E-state index is 0.113. The van der Waals surface area contributed by atoms with Gasteiger partial charge in [-0.25, -0.2) is 0 Å². The lowest BCUT2D eigenvalue weighted by Crippen LogP contribution is -2.50. The van der Waals surface area contributed by atoms with Gasteiger partial charge >= 0.3 is 0 Å². The van der Waals surface area contributed by atoms with E-state index in [1.165, 1.54) is 0 Å². The van der Waals surface area contributed by atoms with Gasteiger partial charge in [-0.2, -0.15) is 0 Å². The van der Waals surface area contributed by atoms with Gasteiger partial charge in [0.25, 0.3) is 0 Å². The van der Waals surface area contributed by atoms with Crippen molar-refractivity contribution >= 4 is 11.6 Å². The minimum atomic E-state index is 0.113. The third kappa shape index (κ3) is 0.358. The molecule has 14 heavy (non-hydrogen) atoms. The SMILES string of the molecule is O=C1[C@@H]2[C@@H]3C=C[C@H]4[C@H]2C(=O)[C@H]2[C@@H]1[C@H]3[C@H]42. The van der Waals surface area contributed by atoms with E-state index < -0.39 is 0 Å². The number of carbonyl (C=O) groups excluding carboxylic acids is 2. The Labute approximate surface area is 81.4 Å². The van der Waals surface area contributed by atoms with Crippen LogP contribution in [0.4, 0.5) is 0 Å². The molecule has 0 amide bonds. The van der Waals surface area contributed by atoms with Crippen LogP contribution in [0.1, 0.15) is 0 Å². The Kier molecular flexibility index (Phi) is 0.718. The van der Waals surface area contributed by atoms with Crippen LogP contribution in [0.15, 0.2) is 12.2 Å². The van der Waals surface area contributed by atoms with Crippen LogP contribution in [0.2, 0.25) is 0 Å². The van der Waals surface area contributed by atoms with E-state index in [1.54, 1.807) is 0 Å². The number of carbonyl (C=O) groups is 2. The standard InChI is InChI=1S/C12H10O2/c13-11-7-3-1-2-4-6-5(3)9(11)10(6)12(14)8(4)7/h1-10H/t3-,4-,5-,6+,7-,8-,9+,10-/m1/s1. The Morgan fingerprint density at radius 1 is 0.714 bits per heavy atom. The number of Topliss-reactive ketones (excluding diaryl/α,β-unsaturated/α-hetero) is 2. The van der Waals surface area contributed by atoms with Gasteiger partial charge in [-0.1, -0.05) is 12.2 Å². The Morgan fingerprint density at radius 2 is 1.14 bits per heavy atom. The predicted octanol–water partition coefficient (Wildman–Crippen LogP) is 0.678. The van der Waals surface area contributed by atoms with Crippen molar-refractivity contribution in [3.05, 3.63) is 12.2 Å². The highest BCUT2D eigenvalue weighted by molar-refractivity contribution is 6.06. The van der Waals surface area contributed by atoms with E-state index in [0.29, 0.717) is 35.2 Å². The van der Waals surface area contributed by atoms with E-state index in [1.807, 2.05) is 0 Å². The van der Waals surface area contributed by atoms with E-state index in [-0.39, 0.29) is 23.7 Å². The van der Waals surface area contributed by atoms with Crippen LogP contribution in [0.3, 0.4) is 0 Å². The van der Waals surface area contributed by atoms with Gasteiger partial charge in [0.1, 0.15) is 11.6 Å². The van der Waals surface area contributed by atoms with Gasteiger partial charge in [-0.05, 0) is 23.7 Å². The van der Waals surface area contributed by atoms with Crippen molar-refractivity contribution in [2.75, 3.05) is 0 Å². The van der Waals surface area contributed by atoms with Crippen LogP contribution in [0.25, 0.3) is 0 Å². The van der Waals surface area contributed by atoms with E-state index in [4.69, 9.17) is 0 Å². The maximum atomic E-state index is 12.0. The topological polar surface area (TPSA) is 34.1 Å². The first kappa shape index (κ1) is 6.54. The fourth-order valence-electron chi connectivity index (χ4n) is 5.43. The quantitative estimate of drug-likeness (QED) is 0.412. The largest absolute Gasteiger partial charge is 0.299 e. The minimum Gasteiger partial charge on any atom is -0.299 e. The van der Waals surface area contributed by atoms with Gasteiger partial charge in [0.2, 0.25) is 0 Å². The Hall–Kier alpha value is -0.920. The molecule has 4 rings (SSSR count). The molecule has 0 aliphatic heterocycles. The molecule has 3 saturated carbocycles. The first-order valence-electron chi connectivity index (χ1n) is 5.56. The van der Waals surface area contributed by atoms with Crippen molar-refractivity contribution in [3.63, 3.8) is 0 Å². The highest BCUT2D eigenvalue weighted by atomic mass is 16.1. The molecule has 0 N–H and O–H groups in total. The maximum absolute atomic E-state index is 12.0. The maximum Gasteiger partial charge on any atom is 0.141 e. The molecule has 70 valence electrons. The number of allylic oxidation sites excluding steroid dienone is 2. The van der Waals surface area contributed by atoms with Crippen molar-refractivity contribution in [2.45, 2.75) is 0 Å². The molecule has 0 aromatic heterocycles. The first-order chi connectivity index (χ1) is 6.80. The molecule has 4 aliphatic carbocycles. The molecule has 4 aliphatic rings. The predicted molar refractivity (Wildman–Crippen MR) is 47.1 cm³/mol. The molecule has 0 aromatic carbocycles. The van der Waals surface area contributed by atoms with Gasteiger partial charge < -0.3 is 0 Å². The summed E-state index contributed by atoms with van der Waals surface area (Å²) in [5.41, 5.74) is 0. The zero-order valence-corrected chi connectivity index (χ0v) is 7.59. The lowest BCUT2D eigenvalue weighted by atomic mass is 9.52. The van der Waals surface area contributed by atoms with Crippen molar-refractivity contribution in [3.8, 4) is 0 Å². The van der Waals surface area contributed by atoms with Gasteiger partial charge in [0, 0.05) is 23.7 Å². The molecule has 0 saturated heterocycles.